The van der Waals surface area contributed by atoms with Crippen LogP contribution in [0.2, 0.25) is 0 Å². The zero-order valence-electron chi connectivity index (χ0n) is 3.71. The predicted molar refractivity (Wildman–Crippen MR) is 21.4 cm³/mol. The number of alkyl carbamates (subject to hydrolysis) is 1. The van der Waals surface area contributed by atoms with Crippen LogP contribution in [0, 0.1) is 0 Å². The van der Waals surface area contributed by atoms with E-state index in [4.69, 9.17) is 0 Å². The fourth-order valence-electron chi connectivity index (χ4n) is 0.115. The molecule has 0 aromatic rings. The number of nitrogens with one attached hydrogen (secondary N) is 1. The smallest absolute Gasteiger partial charge is 0.378 e. The number of imide groups is 1. The van der Waals surface area contributed by atoms with Gasteiger partial charge in [0.25, 0.3) is 0 Å². The average Bonchev–Trinajstić information content (AvgIpc) is 1.68. The Morgan fingerprint density at radius 1 is 1.75 bits per heavy atom. The topological polar surface area (TPSA) is 72.5 Å². The quantitative estimate of drug-likeness (QED) is 0.283. The highest BCUT2D eigenvalue weighted by Gasteiger charge is 1.95. The Kier molecular flexibility index (Phi) is 3.13. The highest BCUT2D eigenvalue weighted by atomic mass is 16.6. The Morgan fingerprint density at radius 3 is 2.75 bits per heavy atom. The molecule has 0 rings (SSSR count). The van der Waals surface area contributed by atoms with E-state index < -0.39 is 6.09 Å². The van der Waals surface area contributed by atoms with Crippen molar-refractivity contribution in [2.45, 2.75) is 0 Å². The van der Waals surface area contributed by atoms with Crippen molar-refractivity contribution in [3.05, 3.63) is 0 Å². The highest BCUT2D eigenvalue weighted by Crippen LogP contribution is 1.64. The molecule has 0 heterocycles. The van der Waals surface area contributed by atoms with Gasteiger partial charge in [-0.2, -0.15) is 0 Å². The van der Waals surface area contributed by atoms with Crippen LogP contribution >= 0.6 is 0 Å². The number of rotatable bonds is 2. The Balaban J connectivity index is 3.32. The molecule has 2 amide bonds. The first-order valence-corrected chi connectivity index (χ1v) is 1.58. The molecule has 0 spiro atoms. The fraction of sp³-hybridized carbons (Fsp3) is 0. The summed E-state index contributed by atoms with van der Waals surface area (Å²) in [6.45, 7) is -0.0906. The van der Waals surface area contributed by atoms with Crippen LogP contribution in [0.1, 0.15) is 0 Å². The Morgan fingerprint density at radius 2 is 2.38 bits per heavy atom. The van der Waals surface area contributed by atoms with E-state index >= 15 is 0 Å². The van der Waals surface area contributed by atoms with Crippen LogP contribution in [-0.2, 0) is 14.3 Å². The highest BCUT2D eigenvalue weighted by molar-refractivity contribution is 5.83. The van der Waals surface area contributed by atoms with Crippen LogP contribution in [0.5, 0.6) is 0 Å². The van der Waals surface area contributed by atoms with Gasteiger partial charge in [0, 0.05) is 0 Å². The number of hydrogen-bond acceptors (Lipinski definition) is 4. The molecule has 8 heavy (non-hydrogen) atoms. The van der Waals surface area contributed by atoms with Gasteiger partial charge in [0.2, 0.25) is 0 Å². The number of ether oxygens (including phenoxy) is 1. The predicted octanol–water partition coefficient (Wildman–Crippen LogP) is -1.06. The van der Waals surface area contributed by atoms with E-state index in [1.807, 2.05) is 0 Å². The number of amides is 2. The fourth-order valence-corrected chi connectivity index (χ4v) is 0.115. The van der Waals surface area contributed by atoms with E-state index in [1.165, 1.54) is 5.32 Å². The number of carbonyl (C=O) groups excluding carboxylic acids is 3. The second kappa shape index (κ2) is 3.79. The van der Waals surface area contributed by atoms with E-state index in [0.717, 1.165) is 6.41 Å². The van der Waals surface area contributed by atoms with E-state index in [9.17, 15) is 14.4 Å². The number of carbonyl (C=O) groups is 2. The SMILES string of the molecule is O=[C]NC(=O)OC=O. The Hall–Kier alpha value is -1.39. The summed E-state index contributed by atoms with van der Waals surface area (Å²) >= 11 is 0. The second-order valence-electron chi connectivity index (χ2n) is 0.729. The minimum absolute atomic E-state index is 0.0906. The molecule has 0 aliphatic heterocycles. The molecular formula is C3H2NO4. The molecular weight excluding hydrogens is 114 g/mol. The number of hydrogen-bond donors (Lipinski definition) is 1. The first-order chi connectivity index (χ1) is 3.81. The minimum atomic E-state index is -1.13. The van der Waals surface area contributed by atoms with E-state index in [-0.39, 0.29) is 6.47 Å². The maximum Gasteiger partial charge on any atom is 0.421 e. The lowest BCUT2D eigenvalue weighted by Crippen LogP contribution is -2.21. The third-order valence-electron chi connectivity index (χ3n) is 0.308. The minimum Gasteiger partial charge on any atom is -0.378 e. The third kappa shape index (κ3) is 2.83. The average molecular weight is 116 g/mol. The monoisotopic (exact) mass is 116 g/mol. The van der Waals surface area contributed by atoms with Crippen LogP contribution in [0.3, 0.4) is 0 Å². The molecule has 0 saturated heterocycles. The van der Waals surface area contributed by atoms with Crippen molar-refractivity contribution in [1.29, 1.82) is 0 Å². The van der Waals surface area contributed by atoms with Gasteiger partial charge in [-0.05, 0) is 0 Å². The van der Waals surface area contributed by atoms with Crippen molar-refractivity contribution in [1.82, 2.24) is 5.32 Å². The first kappa shape index (κ1) is 6.61. The van der Waals surface area contributed by atoms with E-state index in [1.54, 1.807) is 0 Å². The third-order valence-corrected chi connectivity index (χ3v) is 0.308. The van der Waals surface area contributed by atoms with Crippen molar-refractivity contribution < 1.29 is 19.1 Å². The molecule has 0 unspecified atom stereocenters. The summed E-state index contributed by atoms with van der Waals surface area (Å²) in [6, 6.07) is 0. The molecule has 0 saturated carbocycles. The van der Waals surface area contributed by atoms with Gasteiger partial charge < -0.3 is 4.74 Å². The van der Waals surface area contributed by atoms with Crippen LogP contribution in [0.4, 0.5) is 4.79 Å². The molecule has 0 aromatic heterocycles. The van der Waals surface area contributed by atoms with Crippen LogP contribution in [0.15, 0.2) is 0 Å². The van der Waals surface area contributed by atoms with Gasteiger partial charge >= 0.3 is 19.0 Å². The van der Waals surface area contributed by atoms with Crippen molar-refractivity contribution in [2.75, 3.05) is 0 Å². The Labute approximate surface area is 44.6 Å². The van der Waals surface area contributed by atoms with Crippen molar-refractivity contribution in [2.24, 2.45) is 0 Å². The Bertz CT molecular complexity index is 97.9. The summed E-state index contributed by atoms with van der Waals surface area (Å²) in [6.07, 6.45) is -0.111. The molecule has 5 nitrogen and oxygen atoms in total. The van der Waals surface area contributed by atoms with Gasteiger partial charge in [0.15, 0.2) is 0 Å². The largest absolute Gasteiger partial charge is 0.421 e. The van der Waals surface area contributed by atoms with Gasteiger partial charge in [-0.3, -0.25) is 14.9 Å². The molecule has 0 aliphatic rings. The molecule has 0 fully saturated rings. The van der Waals surface area contributed by atoms with Crippen LogP contribution in [-0.4, -0.2) is 19.0 Å². The van der Waals surface area contributed by atoms with Crippen LogP contribution < -0.4 is 5.32 Å². The lowest BCUT2D eigenvalue weighted by Gasteiger charge is -1.86. The zero-order chi connectivity index (χ0) is 6.41. The van der Waals surface area contributed by atoms with Gasteiger partial charge in [-0.25, -0.2) is 4.79 Å². The summed E-state index contributed by atoms with van der Waals surface area (Å²) in [4.78, 5) is 28.3. The maximum absolute atomic E-state index is 9.82. The van der Waals surface area contributed by atoms with Crippen molar-refractivity contribution in [3.63, 3.8) is 0 Å². The second-order valence-corrected chi connectivity index (χ2v) is 0.729. The first-order valence-electron chi connectivity index (χ1n) is 1.58. The summed E-state index contributed by atoms with van der Waals surface area (Å²) in [5.74, 6) is 0. The normalized spacial score (nSPS) is 7.00. The lowest BCUT2D eigenvalue weighted by molar-refractivity contribution is -0.123. The van der Waals surface area contributed by atoms with Crippen LogP contribution in [0.25, 0.3) is 0 Å². The summed E-state index contributed by atoms with van der Waals surface area (Å²) in [5, 5.41) is 1.45. The van der Waals surface area contributed by atoms with Gasteiger partial charge in [0.05, 0.1) is 0 Å². The van der Waals surface area contributed by atoms with Gasteiger partial charge in [0.1, 0.15) is 0 Å². The summed E-state index contributed by atoms with van der Waals surface area (Å²) < 4.78 is 3.59. The molecule has 0 aliphatic carbocycles. The summed E-state index contributed by atoms with van der Waals surface area (Å²) in [7, 11) is 0. The van der Waals surface area contributed by atoms with Gasteiger partial charge in [-0.1, -0.05) is 0 Å². The molecule has 1 N–H and O–H groups in total. The van der Waals surface area contributed by atoms with E-state index in [2.05, 4.69) is 4.74 Å². The molecule has 1 radical (unpaired) electrons. The molecule has 0 bridgehead atoms. The maximum atomic E-state index is 9.82. The summed E-state index contributed by atoms with van der Waals surface area (Å²) in [5.41, 5.74) is 0. The standard InChI is InChI=1S/C3H2NO4/c5-1-4-3(7)8-2-6/h2H,(H,4,5,7). The molecule has 0 atom stereocenters. The van der Waals surface area contributed by atoms with Crippen molar-refractivity contribution >= 4 is 19.0 Å². The molecule has 0 aromatic carbocycles. The lowest BCUT2D eigenvalue weighted by atomic mass is 11.1. The zero-order valence-corrected chi connectivity index (χ0v) is 3.71. The van der Waals surface area contributed by atoms with E-state index in [0.29, 0.717) is 0 Å². The molecule has 5 heteroatoms. The molecule has 43 valence electrons. The van der Waals surface area contributed by atoms with Crippen molar-refractivity contribution in [3.8, 4) is 0 Å². The van der Waals surface area contributed by atoms with Gasteiger partial charge in [-0.15, -0.1) is 0 Å².